The summed E-state index contributed by atoms with van der Waals surface area (Å²) in [6.45, 7) is 0. The van der Waals surface area contributed by atoms with Crippen LogP contribution in [-0.4, -0.2) is 9.55 Å². The van der Waals surface area contributed by atoms with Crippen molar-refractivity contribution in [2.75, 3.05) is 0 Å². The van der Waals surface area contributed by atoms with Crippen LogP contribution in [0.4, 0.5) is 0 Å². The molecule has 224 valence electrons. The Balaban J connectivity index is 1.29. The maximum Gasteiger partial charge on any atom is 0.146 e. The Hall–Kier alpha value is -6.03. The van der Waals surface area contributed by atoms with E-state index in [2.05, 4.69) is 174 Å². The van der Waals surface area contributed by atoms with E-state index in [0.717, 1.165) is 28.1 Å². The quantitative estimate of drug-likeness (QED) is 0.177. The van der Waals surface area contributed by atoms with Crippen molar-refractivity contribution in [2.24, 2.45) is 0 Å². The van der Waals surface area contributed by atoms with Crippen molar-refractivity contribution in [1.82, 2.24) is 9.55 Å². The minimum Gasteiger partial charge on any atom is -0.292 e. The lowest BCUT2D eigenvalue weighted by Gasteiger charge is -2.20. The minimum absolute atomic E-state index is 0.935. The van der Waals surface area contributed by atoms with Crippen molar-refractivity contribution in [3.8, 4) is 39.3 Å². The number of imidazole rings is 1. The molecule has 0 aliphatic rings. The van der Waals surface area contributed by atoms with Crippen LogP contribution in [0.2, 0.25) is 0 Å². The first kappa shape index (κ1) is 27.1. The lowest BCUT2D eigenvalue weighted by Crippen LogP contribution is -1.99. The Labute approximate surface area is 281 Å². The van der Waals surface area contributed by atoms with Gasteiger partial charge in [0.15, 0.2) is 0 Å². The summed E-state index contributed by atoms with van der Waals surface area (Å²) in [5.74, 6) is 0.935. The number of benzene rings is 8. The Bertz CT molecular complexity index is 2780. The first-order valence-corrected chi connectivity index (χ1v) is 17.1. The normalized spacial score (nSPS) is 11.8. The molecule has 10 rings (SSSR count). The van der Waals surface area contributed by atoms with E-state index >= 15 is 0 Å². The van der Waals surface area contributed by atoms with E-state index in [-0.39, 0.29) is 0 Å². The second kappa shape index (κ2) is 10.8. The molecule has 0 saturated heterocycles. The zero-order valence-electron chi connectivity index (χ0n) is 26.0. The molecule has 0 amide bonds. The van der Waals surface area contributed by atoms with Crippen LogP contribution < -0.4 is 0 Å². The van der Waals surface area contributed by atoms with Gasteiger partial charge in [0.05, 0.1) is 11.0 Å². The summed E-state index contributed by atoms with van der Waals surface area (Å²) in [6.07, 6.45) is 0. The fourth-order valence-corrected chi connectivity index (χ4v) is 8.64. The highest BCUT2D eigenvalue weighted by atomic mass is 32.1. The van der Waals surface area contributed by atoms with E-state index in [1.54, 1.807) is 0 Å². The summed E-state index contributed by atoms with van der Waals surface area (Å²) < 4.78 is 4.95. The molecule has 8 aromatic carbocycles. The number of aromatic nitrogens is 2. The molecule has 3 heteroatoms. The van der Waals surface area contributed by atoms with E-state index in [4.69, 9.17) is 4.98 Å². The number of fused-ring (bicyclic) bond motifs is 6. The lowest BCUT2D eigenvalue weighted by atomic mass is 9.84. The van der Waals surface area contributed by atoms with E-state index in [1.165, 1.54) is 64.0 Å². The van der Waals surface area contributed by atoms with Crippen LogP contribution in [0.3, 0.4) is 0 Å². The molecular formula is C45H28N2S. The predicted molar refractivity (Wildman–Crippen MR) is 205 cm³/mol. The molecule has 2 aromatic heterocycles. The van der Waals surface area contributed by atoms with Crippen LogP contribution in [-0.2, 0) is 0 Å². The molecule has 2 nitrogen and oxygen atoms in total. The van der Waals surface area contributed by atoms with Crippen LogP contribution >= 0.6 is 11.3 Å². The molecule has 0 saturated carbocycles. The van der Waals surface area contributed by atoms with Gasteiger partial charge in [-0.15, -0.1) is 11.3 Å². The SMILES string of the molecule is c1ccc(-n2c(-c3ccccc3-c3c4ccccc4c(-c4ccc5sc6ccccc6c5c4)c4ccccc34)nc3ccccc32)cc1. The molecule has 48 heavy (non-hydrogen) atoms. The monoisotopic (exact) mass is 628 g/mol. The van der Waals surface area contributed by atoms with Crippen molar-refractivity contribution < 1.29 is 0 Å². The molecule has 0 fully saturated rings. The second-order valence-electron chi connectivity index (χ2n) is 12.3. The molecule has 10 aromatic rings. The van der Waals surface area contributed by atoms with Crippen LogP contribution in [0.15, 0.2) is 170 Å². The average molecular weight is 629 g/mol. The molecule has 0 unspecified atom stereocenters. The molecular weight excluding hydrogens is 601 g/mol. The van der Waals surface area contributed by atoms with Crippen molar-refractivity contribution in [3.63, 3.8) is 0 Å². The van der Waals surface area contributed by atoms with E-state index < -0.39 is 0 Å². The fraction of sp³-hybridized carbons (Fsp3) is 0. The van der Waals surface area contributed by atoms with Crippen LogP contribution in [0, 0.1) is 0 Å². The van der Waals surface area contributed by atoms with E-state index in [0.29, 0.717) is 0 Å². The van der Waals surface area contributed by atoms with Gasteiger partial charge < -0.3 is 0 Å². The molecule has 0 aliphatic heterocycles. The third kappa shape index (κ3) is 4.08. The summed E-state index contributed by atoms with van der Waals surface area (Å²) in [5, 5.41) is 7.59. The maximum absolute atomic E-state index is 5.28. The Morgan fingerprint density at radius 2 is 0.979 bits per heavy atom. The van der Waals surface area contributed by atoms with Gasteiger partial charge in [-0.1, -0.05) is 127 Å². The van der Waals surface area contributed by atoms with Crippen LogP contribution in [0.5, 0.6) is 0 Å². The Morgan fingerprint density at radius 3 is 1.73 bits per heavy atom. The minimum atomic E-state index is 0.935. The summed E-state index contributed by atoms with van der Waals surface area (Å²) in [6, 6.07) is 61.4. The summed E-state index contributed by atoms with van der Waals surface area (Å²) in [5.41, 5.74) is 9.18. The second-order valence-corrected chi connectivity index (χ2v) is 13.4. The zero-order chi connectivity index (χ0) is 31.6. The van der Waals surface area contributed by atoms with Gasteiger partial charge in [0, 0.05) is 31.4 Å². The highest BCUT2D eigenvalue weighted by Gasteiger charge is 2.22. The first-order valence-electron chi connectivity index (χ1n) is 16.3. The lowest BCUT2D eigenvalue weighted by molar-refractivity contribution is 1.10. The fourth-order valence-electron chi connectivity index (χ4n) is 7.55. The third-order valence-corrected chi connectivity index (χ3v) is 10.8. The van der Waals surface area contributed by atoms with Gasteiger partial charge in [0.25, 0.3) is 0 Å². The number of hydrogen-bond acceptors (Lipinski definition) is 2. The number of rotatable bonds is 4. The van der Waals surface area contributed by atoms with E-state index in [9.17, 15) is 0 Å². The van der Waals surface area contributed by atoms with Crippen LogP contribution in [0.25, 0.3) is 92.1 Å². The van der Waals surface area contributed by atoms with Crippen molar-refractivity contribution in [2.45, 2.75) is 0 Å². The molecule has 0 spiro atoms. The number of para-hydroxylation sites is 3. The van der Waals surface area contributed by atoms with Crippen LogP contribution in [0.1, 0.15) is 0 Å². The van der Waals surface area contributed by atoms with Gasteiger partial charge in [-0.3, -0.25) is 4.57 Å². The Morgan fingerprint density at radius 1 is 0.417 bits per heavy atom. The van der Waals surface area contributed by atoms with E-state index in [1.807, 2.05) is 11.3 Å². The van der Waals surface area contributed by atoms with Gasteiger partial charge in [0.2, 0.25) is 0 Å². The predicted octanol–water partition coefficient (Wildman–Crippen LogP) is 12.7. The molecule has 0 radical (unpaired) electrons. The van der Waals surface area contributed by atoms with Gasteiger partial charge in [0.1, 0.15) is 5.82 Å². The highest BCUT2D eigenvalue weighted by Crippen LogP contribution is 2.47. The smallest absolute Gasteiger partial charge is 0.146 e. The maximum atomic E-state index is 5.28. The summed E-state index contributed by atoms with van der Waals surface area (Å²) in [7, 11) is 0. The highest BCUT2D eigenvalue weighted by molar-refractivity contribution is 7.25. The molecule has 2 heterocycles. The Kier molecular flexibility index (Phi) is 6.08. The topological polar surface area (TPSA) is 17.8 Å². The first-order chi connectivity index (χ1) is 23.8. The van der Waals surface area contributed by atoms with Gasteiger partial charge in [-0.25, -0.2) is 4.98 Å². The third-order valence-electron chi connectivity index (χ3n) is 9.61. The number of thiophene rings is 1. The largest absolute Gasteiger partial charge is 0.292 e. The molecule has 0 aliphatic carbocycles. The molecule has 0 bridgehead atoms. The van der Waals surface area contributed by atoms with Gasteiger partial charge >= 0.3 is 0 Å². The molecule has 0 atom stereocenters. The van der Waals surface area contributed by atoms with Crippen molar-refractivity contribution in [1.29, 1.82) is 0 Å². The van der Waals surface area contributed by atoms with Crippen molar-refractivity contribution >= 4 is 64.1 Å². The number of nitrogens with zero attached hydrogens (tertiary/aromatic N) is 2. The zero-order valence-corrected chi connectivity index (χ0v) is 26.8. The van der Waals surface area contributed by atoms with Gasteiger partial charge in [-0.05, 0) is 86.3 Å². The van der Waals surface area contributed by atoms with Gasteiger partial charge in [-0.2, -0.15) is 0 Å². The standard InChI is InChI=1S/C45H28N2S/c1-2-14-30(15-3-1)47-40-24-12-11-23-39(40)46-45(47)37-22-9-8-21-36(37)44-34-19-6-4-17-32(34)43(33-18-5-7-20-35(33)44)29-26-27-42-38(28-29)31-16-10-13-25-41(31)48-42/h1-28H. The summed E-state index contributed by atoms with van der Waals surface area (Å²) >= 11 is 1.86. The molecule has 0 N–H and O–H groups in total. The average Bonchev–Trinajstić information content (AvgIpc) is 3.73. The van der Waals surface area contributed by atoms with Crippen molar-refractivity contribution in [3.05, 3.63) is 170 Å². The summed E-state index contributed by atoms with van der Waals surface area (Å²) in [4.78, 5) is 5.28. The number of hydrogen-bond donors (Lipinski definition) is 0.